The molecule has 2 aromatic rings. The van der Waals surface area contributed by atoms with Gasteiger partial charge in [0.25, 0.3) is 0 Å². The molecule has 112 valence electrons. The van der Waals surface area contributed by atoms with Crippen molar-refractivity contribution in [3.05, 3.63) is 51.8 Å². The van der Waals surface area contributed by atoms with Crippen molar-refractivity contribution in [3.8, 4) is 0 Å². The Hall–Kier alpha value is -1.13. The molecule has 0 amide bonds. The zero-order chi connectivity index (χ0) is 14.7. The summed E-state index contributed by atoms with van der Waals surface area (Å²) in [5, 5.41) is 10.7. The lowest BCUT2D eigenvalue weighted by atomic mass is 9.76. The van der Waals surface area contributed by atoms with Gasteiger partial charge in [-0.1, -0.05) is 28.1 Å². The highest BCUT2D eigenvalue weighted by atomic mass is 79.9. The summed E-state index contributed by atoms with van der Waals surface area (Å²) in [6.07, 6.45) is 6.78. The molecule has 0 unspecified atom stereocenters. The van der Waals surface area contributed by atoms with E-state index >= 15 is 0 Å². The third-order valence-corrected chi connectivity index (χ3v) is 5.00. The molecule has 0 saturated heterocycles. The molecule has 4 heteroatoms. The fourth-order valence-corrected chi connectivity index (χ4v) is 3.27. The predicted octanol–water partition coefficient (Wildman–Crippen LogP) is 3.95. The molecule has 3 nitrogen and oxygen atoms in total. The van der Waals surface area contributed by atoms with Crippen LogP contribution >= 0.6 is 15.9 Å². The molecule has 0 radical (unpaired) electrons. The normalized spacial score (nSPS) is 21.2. The van der Waals surface area contributed by atoms with E-state index in [-0.39, 0.29) is 0 Å². The number of rotatable bonds is 6. The summed E-state index contributed by atoms with van der Waals surface area (Å²) in [6, 6.07) is 9.47. The van der Waals surface area contributed by atoms with Crippen molar-refractivity contribution in [1.82, 2.24) is 15.5 Å². The monoisotopic (exact) mass is 347 g/mol. The van der Waals surface area contributed by atoms with E-state index in [1.165, 1.54) is 36.1 Å². The molecule has 2 N–H and O–H groups in total. The van der Waals surface area contributed by atoms with E-state index in [1.54, 1.807) is 0 Å². The Bertz CT molecular complexity index is 570. The SMILES string of the molecule is Cc1[nH]ncc1CCCNC1CC(c2ccc(Br)cc2)C1. The number of H-pyrrole nitrogens is 1. The van der Waals surface area contributed by atoms with Crippen molar-refractivity contribution in [2.24, 2.45) is 0 Å². The zero-order valence-electron chi connectivity index (χ0n) is 12.4. The molecule has 3 rings (SSSR count). The highest BCUT2D eigenvalue weighted by molar-refractivity contribution is 9.10. The first-order valence-corrected chi connectivity index (χ1v) is 8.49. The Morgan fingerprint density at radius 1 is 1.29 bits per heavy atom. The second-order valence-electron chi connectivity index (χ2n) is 5.99. The van der Waals surface area contributed by atoms with Gasteiger partial charge in [0, 0.05) is 16.2 Å². The summed E-state index contributed by atoms with van der Waals surface area (Å²) in [6.45, 7) is 3.19. The van der Waals surface area contributed by atoms with E-state index in [2.05, 4.69) is 62.6 Å². The van der Waals surface area contributed by atoms with Crippen LogP contribution in [-0.2, 0) is 6.42 Å². The Morgan fingerprint density at radius 3 is 2.71 bits per heavy atom. The van der Waals surface area contributed by atoms with Gasteiger partial charge in [0.1, 0.15) is 0 Å². The van der Waals surface area contributed by atoms with Crippen LogP contribution in [0.15, 0.2) is 34.9 Å². The van der Waals surface area contributed by atoms with Crippen LogP contribution in [0.5, 0.6) is 0 Å². The Labute approximate surface area is 134 Å². The van der Waals surface area contributed by atoms with Gasteiger partial charge in [0.05, 0.1) is 6.20 Å². The molecular weight excluding hydrogens is 326 g/mol. The Balaban J connectivity index is 1.34. The maximum Gasteiger partial charge on any atom is 0.0522 e. The molecule has 1 aliphatic carbocycles. The van der Waals surface area contributed by atoms with Crippen LogP contribution in [0.25, 0.3) is 0 Å². The molecule has 0 spiro atoms. The van der Waals surface area contributed by atoms with Crippen molar-refractivity contribution in [3.63, 3.8) is 0 Å². The quantitative estimate of drug-likeness (QED) is 0.776. The smallest absolute Gasteiger partial charge is 0.0522 e. The third kappa shape index (κ3) is 3.74. The summed E-state index contributed by atoms with van der Waals surface area (Å²) in [5.41, 5.74) is 4.03. The number of nitrogens with zero attached hydrogens (tertiary/aromatic N) is 1. The second-order valence-corrected chi connectivity index (χ2v) is 6.91. The summed E-state index contributed by atoms with van der Waals surface area (Å²) in [7, 11) is 0. The number of hydrogen-bond donors (Lipinski definition) is 2. The van der Waals surface area contributed by atoms with Gasteiger partial charge in [-0.2, -0.15) is 5.10 Å². The maximum absolute atomic E-state index is 4.06. The lowest BCUT2D eigenvalue weighted by Gasteiger charge is -2.36. The van der Waals surface area contributed by atoms with E-state index < -0.39 is 0 Å². The van der Waals surface area contributed by atoms with Crippen LogP contribution in [0.1, 0.15) is 42.0 Å². The lowest BCUT2D eigenvalue weighted by Crippen LogP contribution is -2.40. The van der Waals surface area contributed by atoms with E-state index in [0.29, 0.717) is 6.04 Å². The summed E-state index contributed by atoms with van der Waals surface area (Å²) < 4.78 is 1.16. The van der Waals surface area contributed by atoms with Crippen LogP contribution in [0, 0.1) is 6.92 Å². The molecule has 1 aromatic carbocycles. The molecular formula is C17H22BrN3. The maximum atomic E-state index is 4.06. The molecule has 1 heterocycles. The van der Waals surface area contributed by atoms with Gasteiger partial charge in [-0.25, -0.2) is 0 Å². The van der Waals surface area contributed by atoms with Crippen LogP contribution in [0.4, 0.5) is 0 Å². The summed E-state index contributed by atoms with van der Waals surface area (Å²) in [4.78, 5) is 0. The van der Waals surface area contributed by atoms with Crippen LogP contribution < -0.4 is 5.32 Å². The fraction of sp³-hybridized carbons (Fsp3) is 0.471. The number of nitrogens with one attached hydrogen (secondary N) is 2. The standard InChI is InChI=1S/C17H22BrN3/c1-12-14(11-20-21-12)3-2-8-19-17-9-15(10-17)13-4-6-16(18)7-5-13/h4-7,11,15,17,19H,2-3,8-10H2,1H3,(H,20,21). The zero-order valence-corrected chi connectivity index (χ0v) is 14.0. The summed E-state index contributed by atoms with van der Waals surface area (Å²) >= 11 is 3.49. The van der Waals surface area contributed by atoms with Crippen LogP contribution in [-0.4, -0.2) is 22.8 Å². The van der Waals surface area contributed by atoms with Crippen LogP contribution in [0.3, 0.4) is 0 Å². The van der Waals surface area contributed by atoms with Gasteiger partial charge in [-0.05, 0) is 68.3 Å². The summed E-state index contributed by atoms with van der Waals surface area (Å²) in [5.74, 6) is 0.742. The third-order valence-electron chi connectivity index (χ3n) is 4.47. The average Bonchev–Trinajstić information content (AvgIpc) is 2.84. The first-order chi connectivity index (χ1) is 10.2. The minimum absolute atomic E-state index is 0.698. The van der Waals surface area contributed by atoms with Crippen molar-refractivity contribution in [2.45, 2.75) is 44.6 Å². The van der Waals surface area contributed by atoms with Crippen molar-refractivity contribution in [2.75, 3.05) is 6.54 Å². The molecule has 1 aliphatic rings. The van der Waals surface area contributed by atoms with Crippen LogP contribution in [0.2, 0.25) is 0 Å². The predicted molar refractivity (Wildman–Crippen MR) is 89.6 cm³/mol. The van der Waals surface area contributed by atoms with E-state index in [4.69, 9.17) is 0 Å². The topological polar surface area (TPSA) is 40.7 Å². The van der Waals surface area contributed by atoms with Crippen molar-refractivity contribution in [1.29, 1.82) is 0 Å². The first kappa shape index (κ1) is 14.8. The molecule has 0 bridgehead atoms. The average molecular weight is 348 g/mol. The highest BCUT2D eigenvalue weighted by Crippen LogP contribution is 2.37. The molecule has 0 aliphatic heterocycles. The van der Waals surface area contributed by atoms with Gasteiger partial charge in [0.15, 0.2) is 0 Å². The molecule has 0 atom stereocenters. The number of aromatic nitrogens is 2. The molecule has 1 saturated carbocycles. The second kappa shape index (κ2) is 6.75. The fourth-order valence-electron chi connectivity index (χ4n) is 3.00. The lowest BCUT2D eigenvalue weighted by molar-refractivity contribution is 0.291. The minimum Gasteiger partial charge on any atom is -0.314 e. The van der Waals surface area contributed by atoms with E-state index in [1.807, 2.05) is 6.20 Å². The highest BCUT2D eigenvalue weighted by Gasteiger charge is 2.29. The number of aryl methyl sites for hydroxylation is 2. The molecule has 21 heavy (non-hydrogen) atoms. The van der Waals surface area contributed by atoms with Gasteiger partial charge < -0.3 is 5.32 Å². The van der Waals surface area contributed by atoms with Crippen molar-refractivity contribution >= 4 is 15.9 Å². The van der Waals surface area contributed by atoms with E-state index in [0.717, 1.165) is 23.4 Å². The Kier molecular flexibility index (Phi) is 4.76. The Morgan fingerprint density at radius 2 is 2.05 bits per heavy atom. The van der Waals surface area contributed by atoms with Gasteiger partial charge in [0.2, 0.25) is 0 Å². The minimum atomic E-state index is 0.698. The van der Waals surface area contributed by atoms with Gasteiger partial charge >= 0.3 is 0 Å². The number of aromatic amines is 1. The van der Waals surface area contributed by atoms with Crippen molar-refractivity contribution < 1.29 is 0 Å². The van der Waals surface area contributed by atoms with Gasteiger partial charge in [-0.15, -0.1) is 0 Å². The van der Waals surface area contributed by atoms with Gasteiger partial charge in [-0.3, -0.25) is 5.10 Å². The number of hydrogen-bond acceptors (Lipinski definition) is 2. The number of benzene rings is 1. The molecule has 1 fully saturated rings. The molecule has 1 aromatic heterocycles. The number of halogens is 1. The van der Waals surface area contributed by atoms with E-state index in [9.17, 15) is 0 Å². The first-order valence-electron chi connectivity index (χ1n) is 7.70. The largest absolute Gasteiger partial charge is 0.314 e.